The van der Waals surface area contributed by atoms with E-state index in [0.717, 1.165) is 39.2 Å². The van der Waals surface area contributed by atoms with Gasteiger partial charge in [0.2, 0.25) is 0 Å². The van der Waals surface area contributed by atoms with E-state index in [2.05, 4.69) is 5.32 Å². The van der Waals surface area contributed by atoms with E-state index in [1.54, 1.807) is 12.1 Å². The number of hydrogen-bond donors (Lipinski definition) is 1. The molecule has 0 unspecified atom stereocenters. The van der Waals surface area contributed by atoms with Crippen molar-refractivity contribution in [3.63, 3.8) is 0 Å². The second kappa shape index (κ2) is 7.78. The van der Waals surface area contributed by atoms with E-state index < -0.39 is 17.3 Å². The van der Waals surface area contributed by atoms with Gasteiger partial charge in [-0.1, -0.05) is 12.1 Å². The summed E-state index contributed by atoms with van der Waals surface area (Å²) in [5.74, 6) is -1.15. The van der Waals surface area contributed by atoms with Crippen molar-refractivity contribution in [1.29, 1.82) is 5.26 Å². The Morgan fingerprint density at radius 1 is 1.34 bits per heavy atom. The van der Waals surface area contributed by atoms with E-state index >= 15 is 0 Å². The number of nitrogens with zero attached hydrogens (tertiary/aromatic N) is 2. The Morgan fingerprint density at radius 3 is 2.72 bits per heavy atom. The van der Waals surface area contributed by atoms with Crippen LogP contribution in [-0.2, 0) is 4.79 Å². The normalized spacial score (nSPS) is 15.1. The lowest BCUT2D eigenvalue weighted by Crippen LogP contribution is -2.34. The van der Waals surface area contributed by atoms with Gasteiger partial charge in [0, 0.05) is 10.9 Å². The fourth-order valence-electron chi connectivity index (χ4n) is 2.83. The minimum atomic E-state index is -0.604. The minimum Gasteiger partial charge on any atom is -0.349 e. The lowest BCUT2D eigenvalue weighted by Gasteiger charge is -2.05. The van der Waals surface area contributed by atoms with Gasteiger partial charge in [0.1, 0.15) is 16.5 Å². The molecular formula is C21H16FN3O2S2. The fraction of sp³-hybridized carbons (Fsp3) is 0.190. The Hall–Kier alpha value is -3.02. The number of amides is 1. The Balaban J connectivity index is 2.04. The lowest BCUT2D eigenvalue weighted by molar-refractivity contribution is -0.115. The average molecular weight is 426 g/mol. The van der Waals surface area contributed by atoms with Gasteiger partial charge in [0.25, 0.3) is 11.5 Å². The molecule has 1 N–H and O–H groups in total. The van der Waals surface area contributed by atoms with Gasteiger partial charge in [-0.25, -0.2) is 4.39 Å². The first-order valence-corrected chi connectivity index (χ1v) is 10.7. The molecule has 0 atom stereocenters. The molecule has 4 rings (SSSR count). The molecule has 1 aliphatic rings. The van der Waals surface area contributed by atoms with Crippen LogP contribution < -0.4 is 20.1 Å². The van der Waals surface area contributed by atoms with Gasteiger partial charge in [0.15, 0.2) is 5.57 Å². The molecule has 0 saturated heterocycles. The first-order valence-electron chi connectivity index (χ1n) is 8.97. The molecule has 2 heterocycles. The molecule has 5 nitrogen and oxygen atoms in total. The van der Waals surface area contributed by atoms with Gasteiger partial charge in [-0.15, -0.1) is 22.7 Å². The zero-order valence-corrected chi connectivity index (χ0v) is 17.1. The molecule has 29 heavy (non-hydrogen) atoms. The number of carbonyl (C=O) groups excluding carboxylic acids is 1. The number of nitriles is 1. The molecule has 0 bridgehead atoms. The second-order valence-corrected chi connectivity index (χ2v) is 8.69. The van der Waals surface area contributed by atoms with Gasteiger partial charge < -0.3 is 5.32 Å². The van der Waals surface area contributed by atoms with E-state index in [-0.39, 0.29) is 22.0 Å². The fourth-order valence-corrected chi connectivity index (χ4v) is 4.84. The van der Waals surface area contributed by atoms with Crippen molar-refractivity contribution in [3.05, 3.63) is 71.5 Å². The highest BCUT2D eigenvalue weighted by atomic mass is 32.1. The third kappa shape index (κ3) is 3.79. The Morgan fingerprint density at radius 2 is 2.10 bits per heavy atom. The van der Waals surface area contributed by atoms with Gasteiger partial charge in [-0.2, -0.15) is 5.26 Å². The maximum absolute atomic E-state index is 14.5. The van der Waals surface area contributed by atoms with E-state index in [1.165, 1.54) is 29.5 Å². The van der Waals surface area contributed by atoms with Crippen molar-refractivity contribution in [2.24, 2.45) is 0 Å². The molecule has 1 amide bonds. The summed E-state index contributed by atoms with van der Waals surface area (Å²) in [7, 11) is 0. The van der Waals surface area contributed by atoms with Gasteiger partial charge in [-0.05, 0) is 55.0 Å². The van der Waals surface area contributed by atoms with Gasteiger partial charge >= 0.3 is 0 Å². The predicted molar refractivity (Wildman–Crippen MR) is 112 cm³/mol. The zero-order valence-electron chi connectivity index (χ0n) is 15.4. The molecule has 1 saturated carbocycles. The highest BCUT2D eigenvalue weighted by Crippen LogP contribution is 2.19. The summed E-state index contributed by atoms with van der Waals surface area (Å²) >= 11 is 2.50. The van der Waals surface area contributed by atoms with Crippen LogP contribution in [0.25, 0.3) is 17.3 Å². The number of aryl methyl sites for hydroxylation is 1. The van der Waals surface area contributed by atoms with Crippen LogP contribution in [0.5, 0.6) is 0 Å². The number of thiophene rings is 1. The summed E-state index contributed by atoms with van der Waals surface area (Å²) in [5.41, 5.74) is 0.371. The lowest BCUT2D eigenvalue weighted by atomic mass is 10.2. The largest absolute Gasteiger partial charge is 0.349 e. The molecule has 0 aliphatic heterocycles. The number of aromatic nitrogens is 1. The van der Waals surface area contributed by atoms with Crippen molar-refractivity contribution in [2.45, 2.75) is 25.8 Å². The second-order valence-electron chi connectivity index (χ2n) is 6.71. The number of halogens is 1. The topological polar surface area (TPSA) is 74.9 Å². The first-order chi connectivity index (χ1) is 14.0. The number of hydrogen-bond acceptors (Lipinski definition) is 5. The van der Waals surface area contributed by atoms with Crippen molar-refractivity contribution in [3.8, 4) is 11.8 Å². The Kier molecular flexibility index (Phi) is 5.18. The number of rotatable bonds is 4. The van der Waals surface area contributed by atoms with Crippen molar-refractivity contribution < 1.29 is 9.18 Å². The van der Waals surface area contributed by atoms with Crippen LogP contribution in [0.1, 0.15) is 23.3 Å². The summed E-state index contributed by atoms with van der Waals surface area (Å²) < 4.78 is 16.1. The highest BCUT2D eigenvalue weighted by molar-refractivity contribution is 7.11. The summed E-state index contributed by atoms with van der Waals surface area (Å²) in [6.07, 6.45) is 3.46. The third-order valence-electron chi connectivity index (χ3n) is 4.55. The van der Waals surface area contributed by atoms with Gasteiger partial charge in [-0.3, -0.25) is 14.2 Å². The van der Waals surface area contributed by atoms with E-state index in [1.807, 2.05) is 24.4 Å². The molecule has 1 aromatic carbocycles. The van der Waals surface area contributed by atoms with Crippen LogP contribution in [0.4, 0.5) is 4.39 Å². The Labute approximate surface area is 173 Å². The molecule has 146 valence electrons. The predicted octanol–water partition coefficient (Wildman–Crippen LogP) is 2.19. The average Bonchev–Trinajstić information content (AvgIpc) is 3.34. The zero-order chi connectivity index (χ0) is 20.5. The van der Waals surface area contributed by atoms with E-state index in [4.69, 9.17) is 0 Å². The number of thiazole rings is 1. The summed E-state index contributed by atoms with van der Waals surface area (Å²) in [6.45, 7) is 1.93. The third-order valence-corrected chi connectivity index (χ3v) is 6.60. The molecule has 0 spiro atoms. The van der Waals surface area contributed by atoms with Crippen molar-refractivity contribution in [2.75, 3.05) is 0 Å². The van der Waals surface area contributed by atoms with Crippen LogP contribution in [0.15, 0.2) is 40.5 Å². The molecule has 1 aliphatic carbocycles. The van der Waals surface area contributed by atoms with Crippen molar-refractivity contribution in [1.82, 2.24) is 9.88 Å². The highest BCUT2D eigenvalue weighted by Gasteiger charge is 2.26. The van der Waals surface area contributed by atoms with Crippen LogP contribution in [-0.4, -0.2) is 16.5 Å². The van der Waals surface area contributed by atoms with Crippen LogP contribution >= 0.6 is 22.7 Å². The standard InChI is InChI=1S/C21H16FN3O2S2/c1-12-8-9-28-17(12)10-18-20(27)25(16-5-3-2-4-15(16)22)21(29-18)14(11-23)19(26)24-13-6-7-13/h2-5,8-10,13H,6-7H2,1H3,(H,24,26). The summed E-state index contributed by atoms with van der Waals surface area (Å²) in [4.78, 5) is 26.7. The minimum absolute atomic E-state index is 0.0123. The Bertz CT molecular complexity index is 1320. The van der Waals surface area contributed by atoms with Crippen molar-refractivity contribution >= 4 is 40.2 Å². The van der Waals surface area contributed by atoms with Crippen LogP contribution in [0.3, 0.4) is 0 Å². The number of nitrogens with one attached hydrogen (secondary N) is 1. The van der Waals surface area contributed by atoms with Crippen LogP contribution in [0, 0.1) is 24.1 Å². The monoisotopic (exact) mass is 425 g/mol. The molecule has 8 heteroatoms. The maximum Gasteiger partial charge on any atom is 0.273 e. The maximum atomic E-state index is 14.5. The van der Waals surface area contributed by atoms with E-state index in [0.29, 0.717) is 4.53 Å². The summed E-state index contributed by atoms with van der Waals surface area (Å²) in [5, 5.41) is 14.4. The summed E-state index contributed by atoms with van der Waals surface area (Å²) in [6, 6.07) is 9.74. The molecule has 0 radical (unpaired) electrons. The van der Waals surface area contributed by atoms with Gasteiger partial charge in [0.05, 0.1) is 10.2 Å². The SMILES string of the molecule is Cc1ccsc1C=c1sc(=C(C#N)C(=O)NC2CC2)n(-c2ccccc2F)c1=O. The first kappa shape index (κ1) is 19.3. The molecular weight excluding hydrogens is 409 g/mol. The smallest absolute Gasteiger partial charge is 0.273 e. The molecule has 1 fully saturated rings. The quantitative estimate of drug-likeness (QED) is 0.696. The molecule has 3 aromatic rings. The molecule has 2 aromatic heterocycles. The number of para-hydroxylation sites is 1. The number of carbonyl (C=O) groups is 1. The van der Waals surface area contributed by atoms with E-state index in [9.17, 15) is 19.2 Å². The van der Waals surface area contributed by atoms with Crippen LogP contribution in [0.2, 0.25) is 0 Å². The number of benzene rings is 1.